The number of halogens is 3. The van der Waals surface area contributed by atoms with Gasteiger partial charge in [0.25, 0.3) is 0 Å². The van der Waals surface area contributed by atoms with Gasteiger partial charge in [0.2, 0.25) is 0 Å². The van der Waals surface area contributed by atoms with Gasteiger partial charge in [0.05, 0.1) is 7.11 Å². The quantitative estimate of drug-likeness (QED) is 0.909. The lowest BCUT2D eigenvalue weighted by atomic mass is 9.97. The predicted molar refractivity (Wildman–Crippen MR) is 74.8 cm³/mol. The number of rotatable bonds is 5. The van der Waals surface area contributed by atoms with E-state index in [9.17, 15) is 13.2 Å². The molecule has 0 radical (unpaired) electrons. The first kappa shape index (κ1) is 15.4. The minimum atomic E-state index is -0.530. The Labute approximate surface area is 121 Å². The number of likely N-dealkylation sites (N-methyl/N-ethyl adjacent to an activating group) is 1. The number of hydrogen-bond donors (Lipinski definition) is 1. The monoisotopic (exact) mass is 295 g/mol. The van der Waals surface area contributed by atoms with Crippen LogP contribution in [0.15, 0.2) is 36.4 Å². The summed E-state index contributed by atoms with van der Waals surface area (Å²) in [6.07, 6.45) is 0.109. The van der Waals surface area contributed by atoms with Crippen LogP contribution >= 0.6 is 0 Å². The maximum absolute atomic E-state index is 14.1. The van der Waals surface area contributed by atoms with Crippen molar-refractivity contribution in [1.82, 2.24) is 5.32 Å². The van der Waals surface area contributed by atoms with Gasteiger partial charge in [0.15, 0.2) is 0 Å². The van der Waals surface area contributed by atoms with Gasteiger partial charge in [-0.25, -0.2) is 13.2 Å². The van der Waals surface area contributed by atoms with E-state index in [4.69, 9.17) is 4.74 Å². The molecule has 2 aromatic rings. The zero-order valence-electron chi connectivity index (χ0n) is 11.8. The molecule has 0 amide bonds. The van der Waals surface area contributed by atoms with Gasteiger partial charge in [0.1, 0.15) is 23.2 Å². The molecule has 2 aromatic carbocycles. The number of hydrogen-bond acceptors (Lipinski definition) is 2. The molecular weight excluding hydrogens is 279 g/mol. The van der Waals surface area contributed by atoms with Gasteiger partial charge in [-0.3, -0.25) is 0 Å². The van der Waals surface area contributed by atoms with E-state index in [2.05, 4.69) is 5.32 Å². The summed E-state index contributed by atoms with van der Waals surface area (Å²) in [5.41, 5.74) is 0.478. The number of nitrogens with one attached hydrogen (secondary N) is 1. The van der Waals surface area contributed by atoms with Gasteiger partial charge in [-0.2, -0.15) is 0 Å². The first-order chi connectivity index (χ1) is 10.1. The van der Waals surface area contributed by atoms with Crippen molar-refractivity contribution in [2.75, 3.05) is 14.2 Å². The fourth-order valence-corrected chi connectivity index (χ4v) is 2.30. The second-order valence-corrected chi connectivity index (χ2v) is 4.64. The summed E-state index contributed by atoms with van der Waals surface area (Å²) in [7, 11) is 3.07. The Kier molecular flexibility index (Phi) is 4.85. The third kappa shape index (κ3) is 3.36. The summed E-state index contributed by atoms with van der Waals surface area (Å²) >= 11 is 0. The average molecular weight is 295 g/mol. The van der Waals surface area contributed by atoms with Crippen LogP contribution in [0, 0.1) is 17.5 Å². The molecule has 1 N–H and O–H groups in total. The van der Waals surface area contributed by atoms with E-state index in [1.54, 1.807) is 13.1 Å². The minimum absolute atomic E-state index is 0.109. The van der Waals surface area contributed by atoms with Gasteiger partial charge < -0.3 is 10.1 Å². The van der Waals surface area contributed by atoms with Crippen LogP contribution in [0.4, 0.5) is 13.2 Å². The topological polar surface area (TPSA) is 21.3 Å². The lowest BCUT2D eigenvalue weighted by Gasteiger charge is -2.20. The Morgan fingerprint density at radius 1 is 1.10 bits per heavy atom. The van der Waals surface area contributed by atoms with Crippen LogP contribution in [0.1, 0.15) is 17.2 Å². The van der Waals surface area contributed by atoms with Crippen molar-refractivity contribution in [3.63, 3.8) is 0 Å². The smallest absolute Gasteiger partial charge is 0.131 e. The van der Waals surface area contributed by atoms with Crippen molar-refractivity contribution in [3.8, 4) is 5.75 Å². The van der Waals surface area contributed by atoms with E-state index < -0.39 is 23.5 Å². The molecule has 0 aliphatic carbocycles. The van der Waals surface area contributed by atoms with E-state index in [0.29, 0.717) is 11.3 Å². The molecule has 112 valence electrons. The molecule has 5 heteroatoms. The van der Waals surface area contributed by atoms with E-state index >= 15 is 0 Å². The van der Waals surface area contributed by atoms with Crippen LogP contribution in [0.2, 0.25) is 0 Å². The molecule has 2 rings (SSSR count). The molecule has 0 bridgehead atoms. The largest absolute Gasteiger partial charge is 0.496 e. The van der Waals surface area contributed by atoms with E-state index in [-0.39, 0.29) is 12.0 Å². The van der Waals surface area contributed by atoms with Crippen LogP contribution in [0.25, 0.3) is 0 Å². The van der Waals surface area contributed by atoms with Crippen LogP contribution in [-0.4, -0.2) is 14.2 Å². The van der Waals surface area contributed by atoms with E-state index in [1.165, 1.54) is 19.2 Å². The Morgan fingerprint density at radius 3 is 2.52 bits per heavy atom. The zero-order valence-corrected chi connectivity index (χ0v) is 11.8. The summed E-state index contributed by atoms with van der Waals surface area (Å²) in [6, 6.07) is 7.18. The zero-order chi connectivity index (χ0) is 15.4. The highest BCUT2D eigenvalue weighted by atomic mass is 19.1. The molecule has 0 heterocycles. The molecular formula is C16H16F3NO. The van der Waals surface area contributed by atoms with Crippen molar-refractivity contribution in [2.45, 2.75) is 12.5 Å². The molecule has 0 saturated carbocycles. The fraction of sp³-hybridized carbons (Fsp3) is 0.250. The van der Waals surface area contributed by atoms with Crippen LogP contribution < -0.4 is 10.1 Å². The average Bonchev–Trinajstić information content (AvgIpc) is 2.48. The molecule has 0 saturated heterocycles. The number of methoxy groups -OCH3 is 1. The van der Waals surface area contributed by atoms with Gasteiger partial charge in [0, 0.05) is 11.6 Å². The molecule has 2 nitrogen and oxygen atoms in total. The maximum atomic E-state index is 14.1. The Hall–Kier alpha value is -2.01. The molecule has 1 atom stereocenters. The van der Waals surface area contributed by atoms with Crippen molar-refractivity contribution < 1.29 is 17.9 Å². The van der Waals surface area contributed by atoms with Crippen molar-refractivity contribution in [2.24, 2.45) is 0 Å². The summed E-state index contributed by atoms with van der Waals surface area (Å²) in [4.78, 5) is 0. The third-order valence-electron chi connectivity index (χ3n) is 3.36. The normalized spacial score (nSPS) is 12.2. The van der Waals surface area contributed by atoms with Gasteiger partial charge in [-0.05, 0) is 49.4 Å². The highest BCUT2D eigenvalue weighted by Gasteiger charge is 2.21. The SMILES string of the molecule is CNC(Cc1cc(F)ccc1F)c1c(F)cccc1OC. The van der Waals surface area contributed by atoms with Crippen molar-refractivity contribution in [1.29, 1.82) is 0 Å². The molecule has 21 heavy (non-hydrogen) atoms. The molecule has 0 fully saturated rings. The number of ether oxygens (including phenoxy) is 1. The van der Waals surface area contributed by atoms with Crippen molar-refractivity contribution >= 4 is 0 Å². The molecule has 0 spiro atoms. The lowest BCUT2D eigenvalue weighted by Crippen LogP contribution is -2.21. The summed E-state index contributed by atoms with van der Waals surface area (Å²) in [5, 5.41) is 2.92. The highest BCUT2D eigenvalue weighted by Crippen LogP contribution is 2.30. The summed E-state index contributed by atoms with van der Waals surface area (Å²) in [5.74, 6) is -1.13. The van der Waals surface area contributed by atoms with Crippen LogP contribution in [-0.2, 0) is 6.42 Å². The first-order valence-corrected chi connectivity index (χ1v) is 6.50. The third-order valence-corrected chi connectivity index (χ3v) is 3.36. The van der Waals surface area contributed by atoms with Gasteiger partial charge >= 0.3 is 0 Å². The Morgan fingerprint density at radius 2 is 1.86 bits per heavy atom. The highest BCUT2D eigenvalue weighted by molar-refractivity contribution is 5.38. The minimum Gasteiger partial charge on any atom is -0.496 e. The Bertz CT molecular complexity index is 631. The molecule has 0 aliphatic heterocycles. The molecule has 0 aromatic heterocycles. The van der Waals surface area contributed by atoms with Gasteiger partial charge in [-0.1, -0.05) is 6.07 Å². The predicted octanol–water partition coefficient (Wildman–Crippen LogP) is 3.62. The van der Waals surface area contributed by atoms with Crippen LogP contribution in [0.5, 0.6) is 5.75 Å². The Balaban J connectivity index is 2.39. The number of benzene rings is 2. The standard InChI is InChI=1S/C16H16F3NO/c1-20-14(9-10-8-11(17)6-7-12(10)18)16-13(19)4-3-5-15(16)21-2/h3-8,14,20H,9H2,1-2H3. The van der Waals surface area contributed by atoms with Crippen molar-refractivity contribution in [3.05, 3.63) is 65.0 Å². The summed E-state index contributed by atoms with van der Waals surface area (Å²) < 4.78 is 46.2. The lowest BCUT2D eigenvalue weighted by molar-refractivity contribution is 0.392. The fourth-order valence-electron chi connectivity index (χ4n) is 2.30. The first-order valence-electron chi connectivity index (χ1n) is 6.50. The van der Waals surface area contributed by atoms with Gasteiger partial charge in [-0.15, -0.1) is 0 Å². The molecule has 0 aliphatic rings. The maximum Gasteiger partial charge on any atom is 0.131 e. The van der Waals surface area contributed by atoms with E-state index in [0.717, 1.165) is 18.2 Å². The second-order valence-electron chi connectivity index (χ2n) is 4.64. The van der Waals surface area contributed by atoms with Crippen LogP contribution in [0.3, 0.4) is 0 Å². The van der Waals surface area contributed by atoms with E-state index in [1.807, 2.05) is 0 Å². The summed E-state index contributed by atoms with van der Waals surface area (Å²) in [6.45, 7) is 0. The second kappa shape index (κ2) is 6.63. The molecule has 1 unspecified atom stereocenters.